The molecule has 0 aliphatic carbocycles. The Bertz CT molecular complexity index is 460. The Hall–Kier alpha value is -1.85. The molecule has 0 aromatic carbocycles. The third-order valence-electron chi connectivity index (χ3n) is 2.65. The van der Waals surface area contributed by atoms with Gasteiger partial charge < -0.3 is 14.7 Å². The first-order chi connectivity index (χ1) is 8.70. The van der Waals surface area contributed by atoms with Crippen LogP contribution in [-0.2, 0) is 9.59 Å². The van der Waals surface area contributed by atoms with Crippen molar-refractivity contribution in [2.75, 3.05) is 11.9 Å². The molecule has 1 aromatic heterocycles. The van der Waals surface area contributed by atoms with Gasteiger partial charge in [0.15, 0.2) is 5.82 Å². The fraction of sp³-hybridized carbons (Fsp3) is 0.615. The Kier molecular flexibility index (Phi) is 4.69. The number of rotatable bonds is 4. The van der Waals surface area contributed by atoms with Crippen molar-refractivity contribution in [2.45, 2.75) is 46.6 Å². The number of amides is 2. The first-order valence-electron chi connectivity index (χ1n) is 6.21. The fourth-order valence-electron chi connectivity index (χ4n) is 1.81. The molecule has 1 aromatic rings. The lowest BCUT2D eigenvalue weighted by Gasteiger charge is -2.34. The van der Waals surface area contributed by atoms with Crippen LogP contribution in [0.2, 0.25) is 0 Å². The highest BCUT2D eigenvalue weighted by atomic mass is 16.5. The van der Waals surface area contributed by atoms with Crippen LogP contribution in [0.25, 0.3) is 0 Å². The van der Waals surface area contributed by atoms with Crippen molar-refractivity contribution in [3.63, 3.8) is 0 Å². The van der Waals surface area contributed by atoms with Crippen LogP contribution in [0.4, 0.5) is 5.82 Å². The lowest BCUT2D eigenvalue weighted by molar-refractivity contribution is -0.134. The Morgan fingerprint density at radius 3 is 2.47 bits per heavy atom. The van der Waals surface area contributed by atoms with Crippen molar-refractivity contribution in [3.8, 4) is 0 Å². The maximum Gasteiger partial charge on any atom is 0.227 e. The highest BCUT2D eigenvalue weighted by Gasteiger charge is 2.24. The maximum atomic E-state index is 11.7. The third-order valence-corrected chi connectivity index (χ3v) is 2.65. The average molecular weight is 267 g/mol. The molecule has 0 saturated heterocycles. The molecule has 0 bridgehead atoms. The van der Waals surface area contributed by atoms with Gasteiger partial charge in [-0.1, -0.05) is 5.16 Å². The zero-order chi connectivity index (χ0) is 14.6. The molecule has 106 valence electrons. The molecule has 0 fully saturated rings. The zero-order valence-electron chi connectivity index (χ0n) is 12.1. The van der Waals surface area contributed by atoms with E-state index < -0.39 is 0 Å². The molecule has 0 aliphatic heterocycles. The van der Waals surface area contributed by atoms with E-state index in [1.807, 2.05) is 20.8 Å². The predicted octanol–water partition coefficient (Wildman–Crippen LogP) is 1.96. The van der Waals surface area contributed by atoms with Gasteiger partial charge in [0, 0.05) is 31.5 Å². The average Bonchev–Trinajstić information content (AvgIpc) is 2.61. The van der Waals surface area contributed by atoms with Crippen LogP contribution >= 0.6 is 0 Å². The minimum atomic E-state index is -0.295. The Labute approximate surface area is 113 Å². The van der Waals surface area contributed by atoms with Gasteiger partial charge in [-0.3, -0.25) is 9.59 Å². The number of aromatic nitrogens is 1. The molecule has 1 heterocycles. The van der Waals surface area contributed by atoms with Crippen molar-refractivity contribution in [2.24, 2.45) is 0 Å². The summed E-state index contributed by atoms with van der Waals surface area (Å²) >= 11 is 0. The van der Waals surface area contributed by atoms with Gasteiger partial charge >= 0.3 is 0 Å². The molecule has 0 spiro atoms. The summed E-state index contributed by atoms with van der Waals surface area (Å²) in [6.45, 7) is 9.44. The molecule has 19 heavy (non-hydrogen) atoms. The van der Waals surface area contributed by atoms with Crippen LogP contribution in [0.3, 0.4) is 0 Å². The normalized spacial score (nSPS) is 11.2. The van der Waals surface area contributed by atoms with E-state index in [0.717, 1.165) is 0 Å². The molecule has 6 nitrogen and oxygen atoms in total. The smallest absolute Gasteiger partial charge is 0.227 e. The summed E-state index contributed by atoms with van der Waals surface area (Å²) in [6, 6.07) is 1.64. The van der Waals surface area contributed by atoms with Crippen molar-refractivity contribution in [3.05, 3.63) is 11.8 Å². The molecule has 1 N–H and O–H groups in total. The molecule has 0 unspecified atom stereocenters. The van der Waals surface area contributed by atoms with Gasteiger partial charge in [0.1, 0.15) is 5.76 Å². The van der Waals surface area contributed by atoms with Gasteiger partial charge in [-0.25, -0.2) is 0 Å². The summed E-state index contributed by atoms with van der Waals surface area (Å²) in [4.78, 5) is 24.9. The van der Waals surface area contributed by atoms with Crippen molar-refractivity contribution in [1.82, 2.24) is 10.1 Å². The van der Waals surface area contributed by atoms with Gasteiger partial charge in [-0.2, -0.15) is 0 Å². The molecule has 0 atom stereocenters. The second-order valence-electron chi connectivity index (χ2n) is 5.46. The van der Waals surface area contributed by atoms with E-state index in [1.54, 1.807) is 17.9 Å². The predicted molar refractivity (Wildman–Crippen MR) is 71.6 cm³/mol. The first-order valence-corrected chi connectivity index (χ1v) is 6.21. The van der Waals surface area contributed by atoms with E-state index in [2.05, 4.69) is 10.5 Å². The molecule has 0 saturated carbocycles. The van der Waals surface area contributed by atoms with Gasteiger partial charge in [-0.15, -0.1) is 0 Å². The van der Waals surface area contributed by atoms with Crippen LogP contribution in [0.5, 0.6) is 0 Å². The minimum Gasteiger partial charge on any atom is -0.360 e. The third kappa shape index (κ3) is 4.73. The highest BCUT2D eigenvalue weighted by molar-refractivity contribution is 5.90. The lowest BCUT2D eigenvalue weighted by Crippen LogP contribution is -2.45. The SMILES string of the molecule is CC(=O)N(CCC(=O)Nc1cc(C)on1)C(C)(C)C. The number of nitrogens with zero attached hydrogens (tertiary/aromatic N) is 2. The number of nitrogens with one attached hydrogen (secondary N) is 1. The molecule has 1 rings (SSSR count). The van der Waals surface area contributed by atoms with Gasteiger partial charge in [0.25, 0.3) is 0 Å². The number of carbonyl (C=O) groups excluding carboxylic acids is 2. The first kappa shape index (κ1) is 15.2. The molecule has 0 aliphatic rings. The molecule has 6 heteroatoms. The summed E-state index contributed by atoms with van der Waals surface area (Å²) in [5.74, 6) is 0.796. The van der Waals surface area contributed by atoms with E-state index in [-0.39, 0.29) is 23.8 Å². The second kappa shape index (κ2) is 5.86. The standard InChI is InChI=1S/C13H21N3O3/c1-9-8-11(15-19-9)14-12(18)6-7-16(10(2)17)13(3,4)5/h8H,6-7H2,1-5H3,(H,14,15,18). The molecule has 2 amide bonds. The molecule has 0 radical (unpaired) electrons. The van der Waals surface area contributed by atoms with Crippen molar-refractivity contribution in [1.29, 1.82) is 0 Å². The van der Waals surface area contributed by atoms with E-state index >= 15 is 0 Å². The number of anilines is 1. The van der Waals surface area contributed by atoms with Gasteiger partial charge in [0.2, 0.25) is 11.8 Å². The molecular weight excluding hydrogens is 246 g/mol. The number of hydrogen-bond acceptors (Lipinski definition) is 4. The van der Waals surface area contributed by atoms with Crippen LogP contribution in [0, 0.1) is 6.92 Å². The monoisotopic (exact) mass is 267 g/mol. The Balaban J connectivity index is 2.51. The Morgan fingerprint density at radius 2 is 2.05 bits per heavy atom. The van der Waals surface area contributed by atoms with Crippen molar-refractivity contribution < 1.29 is 14.1 Å². The topological polar surface area (TPSA) is 75.4 Å². The van der Waals surface area contributed by atoms with Crippen LogP contribution in [0.1, 0.15) is 39.9 Å². The van der Waals surface area contributed by atoms with Crippen LogP contribution in [-0.4, -0.2) is 34.0 Å². The van der Waals surface area contributed by atoms with E-state index in [1.165, 1.54) is 6.92 Å². The zero-order valence-corrected chi connectivity index (χ0v) is 12.1. The quantitative estimate of drug-likeness (QED) is 0.904. The van der Waals surface area contributed by atoms with Crippen LogP contribution in [0.15, 0.2) is 10.6 Å². The van der Waals surface area contributed by atoms with E-state index in [9.17, 15) is 9.59 Å². The summed E-state index contributed by atoms with van der Waals surface area (Å²) in [7, 11) is 0. The molecular formula is C13H21N3O3. The summed E-state index contributed by atoms with van der Waals surface area (Å²) in [6.07, 6.45) is 0.225. The van der Waals surface area contributed by atoms with Gasteiger partial charge in [0.05, 0.1) is 0 Å². The Morgan fingerprint density at radius 1 is 1.42 bits per heavy atom. The van der Waals surface area contributed by atoms with Gasteiger partial charge in [-0.05, 0) is 27.7 Å². The van der Waals surface area contributed by atoms with Crippen LogP contribution < -0.4 is 5.32 Å². The number of hydrogen-bond donors (Lipinski definition) is 1. The summed E-state index contributed by atoms with van der Waals surface area (Å²) in [5, 5.41) is 6.31. The maximum absolute atomic E-state index is 11.7. The van der Waals surface area contributed by atoms with E-state index in [0.29, 0.717) is 18.1 Å². The summed E-state index contributed by atoms with van der Waals surface area (Å²) in [5.41, 5.74) is -0.295. The fourth-order valence-corrected chi connectivity index (χ4v) is 1.81. The largest absolute Gasteiger partial charge is 0.360 e. The van der Waals surface area contributed by atoms with E-state index in [4.69, 9.17) is 4.52 Å². The highest BCUT2D eigenvalue weighted by Crippen LogP contribution is 2.14. The lowest BCUT2D eigenvalue weighted by atomic mass is 10.1. The number of carbonyl (C=O) groups is 2. The van der Waals surface area contributed by atoms with Crippen molar-refractivity contribution >= 4 is 17.6 Å². The second-order valence-corrected chi connectivity index (χ2v) is 5.46. The number of aryl methyl sites for hydroxylation is 1. The summed E-state index contributed by atoms with van der Waals surface area (Å²) < 4.78 is 4.85. The minimum absolute atomic E-state index is 0.0439.